The normalized spacial score (nSPS) is 20.9. The lowest BCUT2D eigenvalue weighted by atomic mass is 10.1. The molecule has 1 atom stereocenters. The maximum absolute atomic E-state index is 13.2. The Kier molecular flexibility index (Phi) is 4.62. The number of aryl methyl sites for hydroxylation is 1. The van der Waals surface area contributed by atoms with Crippen LogP contribution in [0.1, 0.15) is 24.8 Å². The first kappa shape index (κ1) is 15.2. The van der Waals surface area contributed by atoms with Crippen LogP contribution in [0, 0.1) is 12.7 Å². The molecule has 1 fully saturated rings. The summed E-state index contributed by atoms with van der Waals surface area (Å²) in [5, 5.41) is 9.30. The molecule has 0 saturated carbocycles. The van der Waals surface area contributed by atoms with Gasteiger partial charge in [0.25, 0.3) is 0 Å². The molecular formula is C13H19FN2O3S. The summed E-state index contributed by atoms with van der Waals surface area (Å²) in [6.07, 6.45) is 2.30. The van der Waals surface area contributed by atoms with E-state index in [4.69, 9.17) is 0 Å². The number of piperidine rings is 1. The van der Waals surface area contributed by atoms with Crippen molar-refractivity contribution in [3.63, 3.8) is 0 Å². The fourth-order valence-electron chi connectivity index (χ4n) is 2.37. The average Bonchev–Trinajstić information content (AvgIpc) is 2.42. The molecular weight excluding hydrogens is 283 g/mol. The van der Waals surface area contributed by atoms with Crippen LogP contribution in [0.3, 0.4) is 0 Å². The van der Waals surface area contributed by atoms with Crippen LogP contribution in [0.25, 0.3) is 0 Å². The molecule has 0 aliphatic carbocycles. The van der Waals surface area contributed by atoms with Crippen molar-refractivity contribution in [2.24, 2.45) is 0 Å². The van der Waals surface area contributed by atoms with E-state index < -0.39 is 22.1 Å². The Hall–Kier alpha value is -1.18. The van der Waals surface area contributed by atoms with E-state index in [2.05, 4.69) is 4.72 Å². The maximum atomic E-state index is 13.2. The molecule has 1 unspecified atom stereocenters. The lowest BCUT2D eigenvalue weighted by Crippen LogP contribution is -2.48. The van der Waals surface area contributed by atoms with Gasteiger partial charge in [-0.1, -0.05) is 12.5 Å². The predicted octanol–water partition coefficient (Wildman–Crippen LogP) is 1.64. The number of nitrogens with one attached hydrogen (secondary N) is 1. The first-order chi connectivity index (χ1) is 9.44. The van der Waals surface area contributed by atoms with Crippen molar-refractivity contribution in [1.29, 1.82) is 0 Å². The van der Waals surface area contributed by atoms with Crippen LogP contribution in [-0.2, 0) is 10.2 Å². The molecule has 7 heteroatoms. The fraction of sp³-hybridized carbons (Fsp3) is 0.538. The smallest absolute Gasteiger partial charge is 0.301 e. The summed E-state index contributed by atoms with van der Waals surface area (Å²) in [4.78, 5) is 0. The first-order valence-electron chi connectivity index (χ1n) is 6.60. The zero-order valence-corrected chi connectivity index (χ0v) is 12.2. The van der Waals surface area contributed by atoms with E-state index in [1.165, 1.54) is 16.4 Å². The number of halogens is 1. The molecule has 0 radical (unpaired) electrons. The zero-order valence-electron chi connectivity index (χ0n) is 11.3. The summed E-state index contributed by atoms with van der Waals surface area (Å²) in [7, 11) is -3.78. The molecule has 1 aliphatic heterocycles. The van der Waals surface area contributed by atoms with Crippen molar-refractivity contribution >= 4 is 15.9 Å². The Balaban J connectivity index is 2.24. The van der Waals surface area contributed by atoms with E-state index in [0.29, 0.717) is 18.5 Å². The van der Waals surface area contributed by atoms with Crippen LogP contribution in [-0.4, -0.2) is 37.0 Å². The number of hydrogen-bond acceptors (Lipinski definition) is 3. The predicted molar refractivity (Wildman–Crippen MR) is 75.1 cm³/mol. The second-order valence-corrected chi connectivity index (χ2v) is 6.63. The van der Waals surface area contributed by atoms with Crippen LogP contribution < -0.4 is 4.72 Å². The van der Waals surface area contributed by atoms with E-state index in [-0.39, 0.29) is 12.3 Å². The standard InChI is InChI=1S/C13H19FN2O3S/c1-10-5-6-11(14)8-13(10)15-20(18,19)16-7-3-2-4-12(16)9-17/h5-6,8,12,15,17H,2-4,7,9H2,1H3. The molecule has 2 N–H and O–H groups in total. The number of nitrogens with zero attached hydrogens (tertiary/aromatic N) is 1. The zero-order chi connectivity index (χ0) is 14.8. The van der Waals surface area contributed by atoms with E-state index >= 15 is 0 Å². The minimum absolute atomic E-state index is 0.205. The molecule has 1 heterocycles. The largest absolute Gasteiger partial charge is 0.395 e. The molecule has 2 rings (SSSR count). The van der Waals surface area contributed by atoms with Gasteiger partial charge in [-0.3, -0.25) is 4.72 Å². The van der Waals surface area contributed by atoms with Gasteiger partial charge in [-0.15, -0.1) is 0 Å². The number of aliphatic hydroxyl groups excluding tert-OH is 1. The van der Waals surface area contributed by atoms with Crippen molar-refractivity contribution in [2.75, 3.05) is 17.9 Å². The van der Waals surface area contributed by atoms with E-state index in [1.54, 1.807) is 6.92 Å². The summed E-state index contributed by atoms with van der Waals surface area (Å²) >= 11 is 0. The lowest BCUT2D eigenvalue weighted by molar-refractivity contribution is 0.156. The van der Waals surface area contributed by atoms with Crippen LogP contribution in [0.2, 0.25) is 0 Å². The molecule has 0 bridgehead atoms. The number of hydrogen-bond donors (Lipinski definition) is 2. The number of aliphatic hydroxyl groups is 1. The molecule has 1 aromatic rings. The van der Waals surface area contributed by atoms with Crippen molar-refractivity contribution in [2.45, 2.75) is 32.2 Å². The summed E-state index contributed by atoms with van der Waals surface area (Å²) < 4.78 is 41.6. The molecule has 0 aromatic heterocycles. The molecule has 112 valence electrons. The van der Waals surface area contributed by atoms with Gasteiger partial charge in [-0.05, 0) is 37.5 Å². The van der Waals surface area contributed by atoms with E-state index in [9.17, 15) is 17.9 Å². The Morgan fingerprint density at radius 3 is 2.90 bits per heavy atom. The van der Waals surface area contributed by atoms with Gasteiger partial charge < -0.3 is 5.11 Å². The fourth-order valence-corrected chi connectivity index (χ4v) is 3.92. The van der Waals surface area contributed by atoms with Gasteiger partial charge in [0.15, 0.2) is 0 Å². The highest BCUT2D eigenvalue weighted by Crippen LogP contribution is 2.23. The molecule has 1 aromatic carbocycles. The maximum Gasteiger partial charge on any atom is 0.301 e. The minimum atomic E-state index is -3.78. The van der Waals surface area contributed by atoms with Crippen LogP contribution in [0.5, 0.6) is 0 Å². The van der Waals surface area contributed by atoms with Crippen molar-refractivity contribution in [1.82, 2.24) is 4.31 Å². The summed E-state index contributed by atoms with van der Waals surface area (Å²) in [5.74, 6) is -0.495. The van der Waals surface area contributed by atoms with Gasteiger partial charge in [0.05, 0.1) is 12.3 Å². The van der Waals surface area contributed by atoms with Crippen LogP contribution in [0.15, 0.2) is 18.2 Å². The summed E-state index contributed by atoms with van der Waals surface area (Å²) in [6.45, 7) is 1.87. The van der Waals surface area contributed by atoms with Crippen molar-refractivity contribution < 1.29 is 17.9 Å². The SMILES string of the molecule is Cc1ccc(F)cc1NS(=O)(=O)N1CCCCC1CO. The van der Waals surface area contributed by atoms with Crippen LogP contribution in [0.4, 0.5) is 10.1 Å². The molecule has 5 nitrogen and oxygen atoms in total. The second kappa shape index (κ2) is 6.07. The summed E-state index contributed by atoms with van der Waals surface area (Å²) in [5.41, 5.74) is 0.875. The first-order valence-corrected chi connectivity index (χ1v) is 8.04. The lowest BCUT2D eigenvalue weighted by Gasteiger charge is -2.33. The van der Waals surface area contributed by atoms with Crippen molar-refractivity contribution in [3.8, 4) is 0 Å². The van der Waals surface area contributed by atoms with Gasteiger partial charge in [-0.2, -0.15) is 12.7 Å². The third-order valence-electron chi connectivity index (χ3n) is 3.53. The molecule has 1 aliphatic rings. The van der Waals surface area contributed by atoms with Gasteiger partial charge >= 0.3 is 10.2 Å². The van der Waals surface area contributed by atoms with Gasteiger partial charge in [0.1, 0.15) is 5.82 Å². The van der Waals surface area contributed by atoms with Gasteiger partial charge in [0.2, 0.25) is 0 Å². The van der Waals surface area contributed by atoms with Gasteiger partial charge in [0, 0.05) is 12.6 Å². The average molecular weight is 302 g/mol. The number of benzene rings is 1. The molecule has 0 spiro atoms. The Morgan fingerprint density at radius 1 is 1.45 bits per heavy atom. The molecule has 0 amide bonds. The number of anilines is 1. The Bertz CT molecular complexity index is 577. The summed E-state index contributed by atoms with van der Waals surface area (Å²) in [6, 6.07) is 3.55. The Labute approximate surface area is 118 Å². The number of rotatable bonds is 4. The topological polar surface area (TPSA) is 69.6 Å². The van der Waals surface area contributed by atoms with Crippen molar-refractivity contribution in [3.05, 3.63) is 29.6 Å². The second-order valence-electron chi connectivity index (χ2n) is 5.01. The Morgan fingerprint density at radius 2 is 2.20 bits per heavy atom. The third-order valence-corrected chi connectivity index (χ3v) is 5.11. The third kappa shape index (κ3) is 3.28. The van der Waals surface area contributed by atoms with Gasteiger partial charge in [-0.25, -0.2) is 4.39 Å². The monoisotopic (exact) mass is 302 g/mol. The minimum Gasteiger partial charge on any atom is -0.395 e. The highest BCUT2D eigenvalue weighted by molar-refractivity contribution is 7.90. The highest BCUT2D eigenvalue weighted by atomic mass is 32.2. The van der Waals surface area contributed by atoms with Crippen LogP contribution >= 0.6 is 0 Å². The molecule has 20 heavy (non-hydrogen) atoms. The van der Waals surface area contributed by atoms with E-state index in [1.807, 2.05) is 0 Å². The quantitative estimate of drug-likeness (QED) is 0.888. The van der Waals surface area contributed by atoms with E-state index in [0.717, 1.165) is 18.9 Å². The highest BCUT2D eigenvalue weighted by Gasteiger charge is 2.32. The molecule has 1 saturated heterocycles.